The third kappa shape index (κ3) is 1.70. The molecule has 0 radical (unpaired) electrons. The lowest BCUT2D eigenvalue weighted by atomic mass is 10.4. The van der Waals surface area contributed by atoms with E-state index in [0.29, 0.717) is 4.99 Å². The summed E-state index contributed by atoms with van der Waals surface area (Å²) in [7, 11) is 0. The molecule has 2 N–H and O–H groups in total. The van der Waals surface area contributed by atoms with E-state index in [0.717, 1.165) is 15.6 Å². The zero-order valence-corrected chi connectivity index (χ0v) is 9.93. The molecule has 0 spiro atoms. The molecule has 0 unspecified atom stereocenters. The van der Waals surface area contributed by atoms with Crippen molar-refractivity contribution in [3.05, 3.63) is 28.1 Å². The first-order chi connectivity index (χ1) is 6.68. The second-order valence-electron chi connectivity index (χ2n) is 2.78. The van der Waals surface area contributed by atoms with Crippen molar-refractivity contribution in [3.8, 4) is 9.88 Å². The van der Waals surface area contributed by atoms with Crippen LogP contribution in [0.2, 0.25) is 0 Å². The average Bonchev–Trinajstić information content (AvgIpc) is 2.70. The Balaban J connectivity index is 2.48. The maximum Gasteiger partial charge on any atom is 0.134 e. The van der Waals surface area contributed by atoms with Gasteiger partial charge in [0.25, 0.3) is 0 Å². The highest BCUT2D eigenvalue weighted by Crippen LogP contribution is 2.30. The first-order valence-corrected chi connectivity index (χ1v) is 6.10. The average molecular weight is 240 g/mol. The first-order valence-electron chi connectivity index (χ1n) is 3.99. The van der Waals surface area contributed by atoms with E-state index in [4.69, 9.17) is 18.0 Å². The van der Waals surface area contributed by atoms with Crippen molar-refractivity contribution in [2.45, 2.75) is 6.92 Å². The van der Waals surface area contributed by atoms with E-state index >= 15 is 0 Å². The van der Waals surface area contributed by atoms with Gasteiger partial charge in [-0.25, -0.2) is 4.98 Å². The Labute approximate surface area is 95.4 Å². The highest BCUT2D eigenvalue weighted by molar-refractivity contribution is 7.81. The van der Waals surface area contributed by atoms with Crippen molar-refractivity contribution in [1.82, 2.24) is 4.98 Å². The van der Waals surface area contributed by atoms with Crippen molar-refractivity contribution in [1.29, 1.82) is 0 Å². The van der Waals surface area contributed by atoms with Gasteiger partial charge < -0.3 is 5.73 Å². The van der Waals surface area contributed by atoms with E-state index in [2.05, 4.69) is 4.98 Å². The molecule has 0 aromatic carbocycles. The molecule has 0 aliphatic heterocycles. The summed E-state index contributed by atoms with van der Waals surface area (Å²) in [6.45, 7) is 1.93. The molecule has 2 heterocycles. The predicted molar refractivity (Wildman–Crippen MR) is 66.1 cm³/mol. The van der Waals surface area contributed by atoms with Crippen LogP contribution in [0.25, 0.3) is 9.88 Å². The van der Waals surface area contributed by atoms with Gasteiger partial charge in [-0.15, -0.1) is 22.7 Å². The zero-order chi connectivity index (χ0) is 10.1. The summed E-state index contributed by atoms with van der Waals surface area (Å²) in [5.74, 6) is 0. The summed E-state index contributed by atoms with van der Waals surface area (Å²) in [6, 6.07) is 4.06. The van der Waals surface area contributed by atoms with Crippen LogP contribution < -0.4 is 5.73 Å². The molecule has 0 aliphatic rings. The van der Waals surface area contributed by atoms with Crippen LogP contribution in [-0.2, 0) is 0 Å². The largest absolute Gasteiger partial charge is 0.389 e. The second-order valence-corrected chi connectivity index (χ2v) is 5.16. The third-order valence-corrected chi connectivity index (χ3v) is 4.32. The van der Waals surface area contributed by atoms with E-state index in [1.807, 2.05) is 24.4 Å². The van der Waals surface area contributed by atoms with Gasteiger partial charge in [0.2, 0.25) is 0 Å². The SMILES string of the molecule is Cc1nc(-c2cccs2)sc1C(N)=S. The lowest BCUT2D eigenvalue weighted by Crippen LogP contribution is -2.08. The van der Waals surface area contributed by atoms with Crippen LogP contribution >= 0.6 is 34.9 Å². The lowest BCUT2D eigenvalue weighted by Gasteiger charge is -1.89. The number of thiocarbonyl (C=S) groups is 1. The van der Waals surface area contributed by atoms with Crippen molar-refractivity contribution >= 4 is 39.9 Å². The molecule has 0 fully saturated rings. The van der Waals surface area contributed by atoms with Crippen LogP contribution in [0.1, 0.15) is 10.6 Å². The minimum atomic E-state index is 0.433. The Morgan fingerprint density at radius 2 is 2.36 bits per heavy atom. The highest BCUT2D eigenvalue weighted by atomic mass is 32.1. The highest BCUT2D eigenvalue weighted by Gasteiger charge is 2.11. The van der Waals surface area contributed by atoms with Gasteiger partial charge in [-0.05, 0) is 18.4 Å². The first kappa shape index (κ1) is 9.76. The fourth-order valence-electron chi connectivity index (χ4n) is 1.13. The third-order valence-electron chi connectivity index (χ3n) is 1.75. The predicted octanol–water partition coefficient (Wildman–Crippen LogP) is 2.81. The number of thiophene rings is 1. The Morgan fingerprint density at radius 1 is 1.57 bits per heavy atom. The van der Waals surface area contributed by atoms with Gasteiger partial charge in [-0.3, -0.25) is 0 Å². The van der Waals surface area contributed by atoms with E-state index < -0.39 is 0 Å². The molecule has 2 aromatic heterocycles. The van der Waals surface area contributed by atoms with Gasteiger partial charge >= 0.3 is 0 Å². The lowest BCUT2D eigenvalue weighted by molar-refractivity contribution is 1.26. The van der Waals surface area contributed by atoms with Crippen molar-refractivity contribution in [2.24, 2.45) is 5.73 Å². The molecule has 0 aliphatic carbocycles. The van der Waals surface area contributed by atoms with Crippen molar-refractivity contribution in [2.75, 3.05) is 0 Å². The summed E-state index contributed by atoms with van der Waals surface area (Å²) in [5, 5.41) is 3.03. The normalized spacial score (nSPS) is 10.4. The van der Waals surface area contributed by atoms with E-state index in [1.165, 1.54) is 4.88 Å². The minimum absolute atomic E-state index is 0.433. The number of aromatic nitrogens is 1. The van der Waals surface area contributed by atoms with Gasteiger partial charge in [0.05, 0.1) is 15.4 Å². The van der Waals surface area contributed by atoms with Gasteiger partial charge in [-0.1, -0.05) is 18.3 Å². The fourth-order valence-corrected chi connectivity index (χ4v) is 3.12. The summed E-state index contributed by atoms with van der Waals surface area (Å²) in [4.78, 5) is 6.96. The van der Waals surface area contributed by atoms with E-state index in [1.54, 1.807) is 22.7 Å². The molecule has 0 saturated carbocycles. The van der Waals surface area contributed by atoms with Crippen LogP contribution in [-0.4, -0.2) is 9.97 Å². The topological polar surface area (TPSA) is 38.9 Å². The Morgan fingerprint density at radius 3 is 2.86 bits per heavy atom. The van der Waals surface area contributed by atoms with Crippen LogP contribution in [0.15, 0.2) is 17.5 Å². The fraction of sp³-hybridized carbons (Fsp3) is 0.111. The number of nitrogens with zero attached hydrogens (tertiary/aromatic N) is 1. The Hall–Kier alpha value is -0.780. The number of aryl methyl sites for hydroxylation is 1. The summed E-state index contributed by atoms with van der Waals surface area (Å²) in [5.41, 5.74) is 6.51. The molecular formula is C9H8N2S3. The monoisotopic (exact) mass is 240 g/mol. The van der Waals surface area contributed by atoms with Gasteiger partial charge in [0.15, 0.2) is 0 Å². The van der Waals surface area contributed by atoms with Gasteiger partial charge in [-0.2, -0.15) is 0 Å². The number of thiazole rings is 1. The van der Waals surface area contributed by atoms with Crippen molar-refractivity contribution in [3.63, 3.8) is 0 Å². The van der Waals surface area contributed by atoms with Crippen LogP contribution in [0.3, 0.4) is 0 Å². The quantitative estimate of drug-likeness (QED) is 0.820. The smallest absolute Gasteiger partial charge is 0.134 e. The minimum Gasteiger partial charge on any atom is -0.389 e. The molecule has 0 amide bonds. The summed E-state index contributed by atoms with van der Waals surface area (Å²) in [6.07, 6.45) is 0. The number of hydrogen-bond acceptors (Lipinski definition) is 4. The van der Waals surface area contributed by atoms with E-state index in [-0.39, 0.29) is 0 Å². The Kier molecular flexibility index (Phi) is 2.62. The molecule has 2 aromatic rings. The number of hydrogen-bond donors (Lipinski definition) is 1. The number of nitrogens with two attached hydrogens (primary N) is 1. The molecule has 0 bridgehead atoms. The van der Waals surface area contributed by atoms with Gasteiger partial charge in [0, 0.05) is 0 Å². The molecular weight excluding hydrogens is 232 g/mol. The maximum absolute atomic E-state index is 5.59. The molecule has 0 saturated heterocycles. The molecule has 0 atom stereocenters. The van der Waals surface area contributed by atoms with E-state index in [9.17, 15) is 0 Å². The molecule has 2 rings (SSSR count). The summed E-state index contributed by atoms with van der Waals surface area (Å²) >= 11 is 8.18. The maximum atomic E-state index is 5.59. The van der Waals surface area contributed by atoms with Crippen molar-refractivity contribution < 1.29 is 0 Å². The second kappa shape index (κ2) is 3.76. The molecule has 5 heteroatoms. The Bertz CT molecular complexity index is 456. The van der Waals surface area contributed by atoms with Gasteiger partial charge in [0.1, 0.15) is 10.00 Å². The van der Waals surface area contributed by atoms with Crippen LogP contribution in [0, 0.1) is 6.92 Å². The standard InChI is InChI=1S/C9H8N2S3/c1-5-7(8(10)12)14-9(11-5)6-3-2-4-13-6/h2-4H,1H3,(H2,10,12). The molecule has 2 nitrogen and oxygen atoms in total. The van der Waals surface area contributed by atoms with Crippen LogP contribution in [0.5, 0.6) is 0 Å². The molecule has 72 valence electrons. The zero-order valence-electron chi connectivity index (χ0n) is 7.48. The molecule has 14 heavy (non-hydrogen) atoms. The number of rotatable bonds is 2. The van der Waals surface area contributed by atoms with Crippen LogP contribution in [0.4, 0.5) is 0 Å². The summed E-state index contributed by atoms with van der Waals surface area (Å²) < 4.78 is 0.